The molecular weight excluding hydrogens is 282 g/mol. The third-order valence-corrected chi connectivity index (χ3v) is 4.22. The van der Waals surface area contributed by atoms with Gasteiger partial charge in [0.2, 0.25) is 0 Å². The van der Waals surface area contributed by atoms with E-state index in [4.69, 9.17) is 4.42 Å². The summed E-state index contributed by atoms with van der Waals surface area (Å²) in [7, 11) is 2.13. The summed E-state index contributed by atoms with van der Waals surface area (Å²) in [5, 5.41) is 3.79. The molecule has 1 heterocycles. The zero-order chi connectivity index (χ0) is 15.6. The zero-order valence-electron chi connectivity index (χ0n) is 13.2. The molecule has 0 saturated heterocycles. The Bertz CT molecular complexity index is 916. The lowest BCUT2D eigenvalue weighted by atomic mass is 10.0. The van der Waals surface area contributed by atoms with E-state index in [-0.39, 0.29) is 0 Å². The molecule has 23 heavy (non-hydrogen) atoms. The quantitative estimate of drug-likeness (QED) is 0.514. The smallest absolute Gasteiger partial charge is 0.134 e. The van der Waals surface area contributed by atoms with Crippen LogP contribution in [0.5, 0.6) is 0 Å². The van der Waals surface area contributed by atoms with Crippen LogP contribution in [0, 0.1) is 0 Å². The van der Waals surface area contributed by atoms with Crippen LogP contribution in [-0.4, -0.2) is 11.9 Å². The maximum Gasteiger partial charge on any atom is 0.134 e. The van der Waals surface area contributed by atoms with Crippen molar-refractivity contribution in [3.8, 4) is 0 Å². The minimum Gasteiger partial charge on any atom is -0.460 e. The third kappa shape index (κ3) is 2.86. The average molecular weight is 301 g/mol. The second-order valence-electron chi connectivity index (χ2n) is 6.06. The predicted molar refractivity (Wildman–Crippen MR) is 95.3 cm³/mol. The van der Waals surface area contributed by atoms with Gasteiger partial charge in [0, 0.05) is 11.9 Å². The fourth-order valence-electron chi connectivity index (χ4n) is 3.16. The SMILES string of the molecule is CN(Cc1cc2ccccc2o1)Cc1cccc2ccccc12. The molecule has 4 rings (SSSR count). The Kier molecular flexibility index (Phi) is 3.60. The molecule has 0 aliphatic heterocycles. The van der Waals surface area contributed by atoms with Gasteiger partial charge in [-0.15, -0.1) is 0 Å². The molecule has 0 amide bonds. The van der Waals surface area contributed by atoms with E-state index in [0.717, 1.165) is 24.4 Å². The fourth-order valence-corrected chi connectivity index (χ4v) is 3.16. The summed E-state index contributed by atoms with van der Waals surface area (Å²) in [5.41, 5.74) is 2.31. The molecule has 0 aliphatic rings. The van der Waals surface area contributed by atoms with Gasteiger partial charge in [-0.1, -0.05) is 60.7 Å². The normalized spacial score (nSPS) is 11.6. The molecule has 0 spiro atoms. The van der Waals surface area contributed by atoms with E-state index in [1.807, 2.05) is 18.2 Å². The van der Waals surface area contributed by atoms with Crippen LogP contribution in [-0.2, 0) is 13.1 Å². The minimum atomic E-state index is 0.803. The van der Waals surface area contributed by atoms with Crippen LogP contribution in [0.3, 0.4) is 0 Å². The Hall–Kier alpha value is -2.58. The number of nitrogens with zero attached hydrogens (tertiary/aromatic N) is 1. The highest BCUT2D eigenvalue weighted by Gasteiger charge is 2.08. The predicted octanol–water partition coefficient (Wildman–Crippen LogP) is 5.22. The lowest BCUT2D eigenvalue weighted by Gasteiger charge is -2.16. The molecule has 4 aromatic rings. The van der Waals surface area contributed by atoms with Gasteiger partial charge in [0.1, 0.15) is 11.3 Å². The van der Waals surface area contributed by atoms with E-state index in [2.05, 4.69) is 66.5 Å². The van der Waals surface area contributed by atoms with Crippen LogP contribution >= 0.6 is 0 Å². The van der Waals surface area contributed by atoms with Crippen molar-refractivity contribution in [2.24, 2.45) is 0 Å². The highest BCUT2D eigenvalue weighted by Crippen LogP contribution is 2.22. The Morgan fingerprint density at radius 2 is 1.52 bits per heavy atom. The highest BCUT2D eigenvalue weighted by atomic mass is 16.3. The van der Waals surface area contributed by atoms with Crippen molar-refractivity contribution < 1.29 is 4.42 Å². The molecule has 0 saturated carbocycles. The highest BCUT2D eigenvalue weighted by molar-refractivity contribution is 5.85. The van der Waals surface area contributed by atoms with Crippen LogP contribution in [0.1, 0.15) is 11.3 Å². The first-order valence-corrected chi connectivity index (χ1v) is 7.92. The van der Waals surface area contributed by atoms with Crippen LogP contribution in [0.4, 0.5) is 0 Å². The maximum atomic E-state index is 5.92. The second-order valence-corrected chi connectivity index (χ2v) is 6.06. The van der Waals surface area contributed by atoms with Crippen molar-refractivity contribution in [3.05, 3.63) is 84.1 Å². The maximum absolute atomic E-state index is 5.92. The van der Waals surface area contributed by atoms with E-state index in [0.29, 0.717) is 0 Å². The number of furan rings is 1. The van der Waals surface area contributed by atoms with E-state index in [1.165, 1.54) is 21.7 Å². The first kappa shape index (κ1) is 14.0. The first-order chi connectivity index (χ1) is 11.3. The average Bonchev–Trinajstić information content (AvgIpc) is 2.97. The molecule has 114 valence electrons. The van der Waals surface area contributed by atoms with Gasteiger partial charge in [-0.2, -0.15) is 0 Å². The number of rotatable bonds is 4. The first-order valence-electron chi connectivity index (χ1n) is 7.92. The monoisotopic (exact) mass is 301 g/mol. The van der Waals surface area contributed by atoms with Crippen molar-refractivity contribution in [1.82, 2.24) is 4.90 Å². The van der Waals surface area contributed by atoms with Crippen LogP contribution in [0.25, 0.3) is 21.7 Å². The van der Waals surface area contributed by atoms with Gasteiger partial charge >= 0.3 is 0 Å². The Labute approximate surface area is 136 Å². The lowest BCUT2D eigenvalue weighted by Crippen LogP contribution is -2.17. The molecule has 0 fully saturated rings. The van der Waals surface area contributed by atoms with Gasteiger partial charge in [0.15, 0.2) is 0 Å². The van der Waals surface area contributed by atoms with Gasteiger partial charge in [0.05, 0.1) is 6.54 Å². The summed E-state index contributed by atoms with van der Waals surface area (Å²) in [6.45, 7) is 1.70. The molecule has 0 aliphatic carbocycles. The Morgan fingerprint density at radius 1 is 0.783 bits per heavy atom. The van der Waals surface area contributed by atoms with Crippen molar-refractivity contribution >= 4 is 21.7 Å². The Balaban J connectivity index is 1.56. The van der Waals surface area contributed by atoms with Crippen molar-refractivity contribution in [2.45, 2.75) is 13.1 Å². The molecule has 0 N–H and O–H groups in total. The molecule has 2 nitrogen and oxygen atoms in total. The molecule has 0 radical (unpaired) electrons. The molecular formula is C21H19NO. The van der Waals surface area contributed by atoms with E-state index in [1.54, 1.807) is 0 Å². The summed E-state index contributed by atoms with van der Waals surface area (Å²) < 4.78 is 5.92. The summed E-state index contributed by atoms with van der Waals surface area (Å²) in [6, 6.07) is 25.3. The van der Waals surface area contributed by atoms with Gasteiger partial charge in [-0.05, 0) is 35.5 Å². The van der Waals surface area contributed by atoms with E-state index in [9.17, 15) is 0 Å². The largest absolute Gasteiger partial charge is 0.460 e. The summed E-state index contributed by atoms with van der Waals surface area (Å²) >= 11 is 0. The zero-order valence-corrected chi connectivity index (χ0v) is 13.2. The van der Waals surface area contributed by atoms with Gasteiger partial charge in [-0.3, -0.25) is 4.90 Å². The van der Waals surface area contributed by atoms with Crippen molar-refractivity contribution in [2.75, 3.05) is 7.05 Å². The lowest BCUT2D eigenvalue weighted by molar-refractivity contribution is 0.293. The van der Waals surface area contributed by atoms with Crippen LogP contribution in [0.15, 0.2) is 77.2 Å². The number of hydrogen-bond donors (Lipinski definition) is 0. The topological polar surface area (TPSA) is 16.4 Å². The van der Waals surface area contributed by atoms with Gasteiger partial charge < -0.3 is 4.42 Å². The van der Waals surface area contributed by atoms with E-state index < -0.39 is 0 Å². The molecule has 1 aromatic heterocycles. The van der Waals surface area contributed by atoms with Crippen molar-refractivity contribution in [3.63, 3.8) is 0 Å². The van der Waals surface area contributed by atoms with E-state index >= 15 is 0 Å². The number of benzene rings is 3. The Morgan fingerprint density at radius 3 is 2.39 bits per heavy atom. The van der Waals surface area contributed by atoms with Crippen LogP contribution < -0.4 is 0 Å². The molecule has 3 aromatic carbocycles. The third-order valence-electron chi connectivity index (χ3n) is 4.22. The minimum absolute atomic E-state index is 0.803. The number of fused-ring (bicyclic) bond motifs is 2. The van der Waals surface area contributed by atoms with Gasteiger partial charge in [0.25, 0.3) is 0 Å². The fraction of sp³-hybridized carbons (Fsp3) is 0.143. The summed E-state index contributed by atoms with van der Waals surface area (Å²) in [4.78, 5) is 2.29. The summed E-state index contributed by atoms with van der Waals surface area (Å²) in [6.07, 6.45) is 0. The second kappa shape index (κ2) is 5.90. The van der Waals surface area contributed by atoms with Crippen LogP contribution in [0.2, 0.25) is 0 Å². The molecule has 0 unspecified atom stereocenters. The molecule has 0 atom stereocenters. The van der Waals surface area contributed by atoms with Crippen molar-refractivity contribution in [1.29, 1.82) is 0 Å². The van der Waals surface area contributed by atoms with Gasteiger partial charge in [-0.25, -0.2) is 0 Å². The molecule has 2 heteroatoms. The summed E-state index contributed by atoms with van der Waals surface area (Å²) in [5.74, 6) is 1.01. The standard InChI is InChI=1S/C21H19NO/c1-22(15-19-13-17-8-3-5-12-21(17)23-19)14-18-10-6-9-16-7-2-4-11-20(16)18/h2-13H,14-15H2,1H3. The number of hydrogen-bond acceptors (Lipinski definition) is 2. The molecule has 0 bridgehead atoms. The number of para-hydroxylation sites is 1.